The second-order valence-corrected chi connectivity index (χ2v) is 4.21. The highest BCUT2D eigenvalue weighted by Gasteiger charge is 2.23. The van der Waals surface area contributed by atoms with E-state index in [-0.39, 0.29) is 12.2 Å². The van der Waals surface area contributed by atoms with Crippen LogP contribution in [0.2, 0.25) is 0 Å². The number of benzene rings is 1. The summed E-state index contributed by atoms with van der Waals surface area (Å²) in [5.41, 5.74) is 0.782. The summed E-state index contributed by atoms with van der Waals surface area (Å²) in [6.45, 7) is 0. The Bertz CT molecular complexity index is 602. The van der Waals surface area contributed by atoms with Gasteiger partial charge in [0.2, 0.25) is 0 Å². The Morgan fingerprint density at radius 2 is 2.10 bits per heavy atom. The van der Waals surface area contributed by atoms with Gasteiger partial charge in [0.05, 0.1) is 19.5 Å². The fraction of sp³-hybridized carbons (Fsp3) is 0.214. The van der Waals surface area contributed by atoms with Gasteiger partial charge in [0.25, 0.3) is 0 Å². The number of nitrogens with zero attached hydrogens (tertiary/aromatic N) is 2. The molecule has 0 aliphatic heterocycles. The zero-order valence-corrected chi connectivity index (χ0v) is 10.8. The second-order valence-electron chi connectivity index (χ2n) is 4.21. The van der Waals surface area contributed by atoms with E-state index in [2.05, 4.69) is 9.97 Å². The van der Waals surface area contributed by atoms with Crippen LogP contribution in [0.15, 0.2) is 36.7 Å². The Morgan fingerprint density at radius 1 is 1.40 bits per heavy atom. The Morgan fingerprint density at radius 3 is 2.70 bits per heavy atom. The Balaban J connectivity index is 2.25. The maximum atomic E-state index is 12.8. The van der Waals surface area contributed by atoms with Crippen LogP contribution in [0.1, 0.15) is 17.3 Å². The molecule has 0 spiro atoms. The molecule has 0 aliphatic carbocycles. The van der Waals surface area contributed by atoms with Crippen molar-refractivity contribution in [3.8, 4) is 5.75 Å². The van der Waals surface area contributed by atoms with Crippen molar-refractivity contribution in [2.45, 2.75) is 12.3 Å². The number of ether oxygens (including phenoxy) is 1. The molecule has 104 valence electrons. The van der Waals surface area contributed by atoms with Gasteiger partial charge in [-0.05, 0) is 24.1 Å². The minimum atomic E-state index is -1.06. The largest absolute Gasteiger partial charge is 0.497 e. The topological polar surface area (TPSA) is 72.3 Å². The molecular weight excluding hydrogens is 263 g/mol. The molecule has 1 heterocycles. The van der Waals surface area contributed by atoms with Crippen molar-refractivity contribution >= 4 is 5.97 Å². The molecule has 2 rings (SSSR count). The first-order valence-electron chi connectivity index (χ1n) is 5.93. The van der Waals surface area contributed by atoms with Gasteiger partial charge >= 0.3 is 5.97 Å². The Labute approximate surface area is 115 Å². The first kappa shape index (κ1) is 13.9. The number of carboxylic acids is 1. The lowest BCUT2D eigenvalue weighted by molar-refractivity contribution is -0.139. The lowest BCUT2D eigenvalue weighted by atomic mass is 9.98. The molecule has 2 aromatic rings. The summed E-state index contributed by atoms with van der Waals surface area (Å²) >= 11 is 0. The number of hydrogen-bond acceptors (Lipinski definition) is 4. The normalized spacial score (nSPS) is 11.9. The van der Waals surface area contributed by atoms with Gasteiger partial charge in [-0.15, -0.1) is 0 Å². The van der Waals surface area contributed by atoms with E-state index >= 15 is 0 Å². The molecule has 5 nitrogen and oxygen atoms in total. The van der Waals surface area contributed by atoms with E-state index in [0.717, 1.165) is 18.0 Å². The first-order chi connectivity index (χ1) is 9.60. The molecule has 1 N–H and O–H groups in total. The number of carboxylic acid groups (broad SMARTS) is 1. The molecule has 6 heteroatoms. The van der Waals surface area contributed by atoms with Gasteiger partial charge < -0.3 is 9.84 Å². The van der Waals surface area contributed by atoms with Crippen LogP contribution < -0.4 is 4.74 Å². The van der Waals surface area contributed by atoms with Crippen LogP contribution in [-0.2, 0) is 11.2 Å². The van der Waals surface area contributed by atoms with E-state index in [0.29, 0.717) is 5.75 Å². The molecule has 20 heavy (non-hydrogen) atoms. The van der Waals surface area contributed by atoms with Crippen molar-refractivity contribution in [1.82, 2.24) is 9.97 Å². The zero-order chi connectivity index (χ0) is 14.5. The van der Waals surface area contributed by atoms with Gasteiger partial charge in [0.1, 0.15) is 17.5 Å². The van der Waals surface area contributed by atoms with Crippen LogP contribution in [0.3, 0.4) is 0 Å². The van der Waals surface area contributed by atoms with Gasteiger partial charge in [-0.3, -0.25) is 4.79 Å². The second kappa shape index (κ2) is 6.10. The van der Waals surface area contributed by atoms with Crippen molar-refractivity contribution in [3.63, 3.8) is 0 Å². The van der Waals surface area contributed by atoms with E-state index in [9.17, 15) is 14.3 Å². The summed E-state index contributed by atoms with van der Waals surface area (Å²) in [4.78, 5) is 18.8. The van der Waals surface area contributed by atoms with Crippen molar-refractivity contribution in [1.29, 1.82) is 0 Å². The van der Waals surface area contributed by atoms with Crippen LogP contribution in [0, 0.1) is 5.82 Å². The Kier molecular flexibility index (Phi) is 4.24. The molecular formula is C14H13FN2O3. The molecule has 0 aliphatic rings. The maximum Gasteiger partial charge on any atom is 0.314 e. The molecule has 1 atom stereocenters. The third kappa shape index (κ3) is 3.28. The van der Waals surface area contributed by atoms with Crippen LogP contribution in [0.4, 0.5) is 4.39 Å². The average molecular weight is 276 g/mol. The van der Waals surface area contributed by atoms with E-state index in [1.165, 1.54) is 7.11 Å². The van der Waals surface area contributed by atoms with E-state index in [1.807, 2.05) is 0 Å². The number of halogens is 1. The quantitative estimate of drug-likeness (QED) is 0.904. The third-order valence-corrected chi connectivity index (χ3v) is 2.82. The lowest BCUT2D eigenvalue weighted by Gasteiger charge is -2.11. The maximum absolute atomic E-state index is 12.8. The van der Waals surface area contributed by atoms with Crippen LogP contribution in [0.5, 0.6) is 5.75 Å². The van der Waals surface area contributed by atoms with Gasteiger partial charge in [0.15, 0.2) is 5.82 Å². The Hall–Kier alpha value is -2.50. The van der Waals surface area contributed by atoms with Crippen molar-refractivity contribution in [3.05, 3.63) is 53.9 Å². The number of methoxy groups -OCH3 is 1. The van der Waals surface area contributed by atoms with Crippen LogP contribution >= 0.6 is 0 Å². The number of carbonyl (C=O) groups is 1. The number of aliphatic carboxylic acids is 1. The summed E-state index contributed by atoms with van der Waals surface area (Å²) in [6.07, 6.45) is 2.13. The van der Waals surface area contributed by atoms with E-state index < -0.39 is 17.7 Å². The minimum Gasteiger partial charge on any atom is -0.497 e. The first-order valence-corrected chi connectivity index (χ1v) is 5.93. The number of rotatable bonds is 5. The molecule has 0 bridgehead atoms. The standard InChI is InChI=1S/C14H13FN2O3/c1-20-11-4-2-3-9(5-11)6-12(14(18)19)13-16-7-10(15)8-17-13/h2-5,7-8,12H,6H2,1H3,(H,18,19). The van der Waals surface area contributed by atoms with Gasteiger partial charge in [0, 0.05) is 0 Å². The smallest absolute Gasteiger partial charge is 0.314 e. The fourth-order valence-corrected chi connectivity index (χ4v) is 1.83. The van der Waals surface area contributed by atoms with Crippen LogP contribution in [-0.4, -0.2) is 28.2 Å². The zero-order valence-electron chi connectivity index (χ0n) is 10.8. The van der Waals surface area contributed by atoms with Crippen LogP contribution in [0.25, 0.3) is 0 Å². The molecule has 0 saturated carbocycles. The molecule has 1 aromatic carbocycles. The monoisotopic (exact) mass is 276 g/mol. The fourth-order valence-electron chi connectivity index (χ4n) is 1.83. The highest BCUT2D eigenvalue weighted by atomic mass is 19.1. The van der Waals surface area contributed by atoms with E-state index in [4.69, 9.17) is 4.74 Å². The highest BCUT2D eigenvalue weighted by molar-refractivity contribution is 5.75. The molecule has 0 amide bonds. The van der Waals surface area contributed by atoms with E-state index in [1.54, 1.807) is 24.3 Å². The van der Waals surface area contributed by atoms with Crippen molar-refractivity contribution in [2.24, 2.45) is 0 Å². The molecule has 0 fully saturated rings. The SMILES string of the molecule is COc1cccc(CC(C(=O)O)c2ncc(F)cn2)c1. The number of hydrogen-bond donors (Lipinski definition) is 1. The molecule has 1 unspecified atom stereocenters. The summed E-state index contributed by atoms with van der Waals surface area (Å²) in [5.74, 6) is -1.85. The number of aromatic nitrogens is 2. The van der Waals surface area contributed by atoms with Crippen molar-refractivity contribution in [2.75, 3.05) is 7.11 Å². The average Bonchev–Trinajstić information content (AvgIpc) is 2.46. The van der Waals surface area contributed by atoms with Crippen molar-refractivity contribution < 1.29 is 19.0 Å². The summed E-state index contributed by atoms with van der Waals surface area (Å²) in [7, 11) is 1.54. The van der Waals surface area contributed by atoms with Gasteiger partial charge in [-0.25, -0.2) is 14.4 Å². The predicted molar refractivity (Wildman–Crippen MR) is 69.1 cm³/mol. The molecule has 0 radical (unpaired) electrons. The predicted octanol–water partition coefficient (Wildman–Crippen LogP) is 2.04. The summed E-state index contributed by atoms with van der Waals surface area (Å²) in [5, 5.41) is 9.28. The summed E-state index contributed by atoms with van der Waals surface area (Å²) in [6, 6.07) is 7.09. The molecule has 1 aromatic heterocycles. The van der Waals surface area contributed by atoms with Gasteiger partial charge in [-0.1, -0.05) is 12.1 Å². The third-order valence-electron chi connectivity index (χ3n) is 2.82. The summed E-state index contributed by atoms with van der Waals surface area (Å²) < 4.78 is 17.9. The highest BCUT2D eigenvalue weighted by Crippen LogP contribution is 2.21. The lowest BCUT2D eigenvalue weighted by Crippen LogP contribution is -2.17. The van der Waals surface area contributed by atoms with Gasteiger partial charge in [-0.2, -0.15) is 0 Å². The molecule has 0 saturated heterocycles. The minimum absolute atomic E-state index is 0.0849.